The van der Waals surface area contributed by atoms with E-state index in [0.29, 0.717) is 0 Å². The van der Waals surface area contributed by atoms with Crippen molar-refractivity contribution in [3.05, 3.63) is 58.1 Å². The fourth-order valence-corrected chi connectivity index (χ4v) is 1.29. The molecule has 0 saturated heterocycles. The summed E-state index contributed by atoms with van der Waals surface area (Å²) in [5.41, 5.74) is -0.0263. The van der Waals surface area contributed by atoms with E-state index in [4.69, 9.17) is 0 Å². The number of nitro groups is 1. The number of amides is 1. The third-order valence-electron chi connectivity index (χ3n) is 2.12. The molecule has 0 saturated carbocycles. The number of carbonyl (C=O) groups is 1. The van der Waals surface area contributed by atoms with Gasteiger partial charge in [0, 0.05) is 0 Å². The predicted octanol–water partition coefficient (Wildman–Crippen LogP) is 2.58. The maximum absolute atomic E-state index is 13.2. The zero-order valence-electron chi connectivity index (χ0n) is 8.92. The largest absolute Gasteiger partial charge is 0.433 e. The predicted molar refractivity (Wildman–Crippen MR) is 59.7 cm³/mol. The maximum atomic E-state index is 13.2. The van der Waals surface area contributed by atoms with Gasteiger partial charge in [-0.25, -0.2) is 4.39 Å². The number of halogens is 1. The van der Waals surface area contributed by atoms with E-state index in [1.165, 1.54) is 18.2 Å². The molecule has 1 N–H and O–H groups in total. The van der Waals surface area contributed by atoms with Gasteiger partial charge in [0.1, 0.15) is 10.7 Å². The van der Waals surface area contributed by atoms with E-state index in [0.717, 1.165) is 12.1 Å². The first-order valence-corrected chi connectivity index (χ1v) is 4.88. The summed E-state index contributed by atoms with van der Waals surface area (Å²) in [5, 5.41) is 12.6. The lowest BCUT2D eigenvalue weighted by Crippen LogP contribution is -2.11. The Balaban J connectivity index is 2.17. The molecule has 0 unspecified atom stereocenters. The second kappa shape index (κ2) is 4.66. The summed E-state index contributed by atoms with van der Waals surface area (Å²) in [6.45, 7) is 0. The van der Waals surface area contributed by atoms with Crippen LogP contribution in [0.5, 0.6) is 0 Å². The Hall–Kier alpha value is -2.70. The SMILES string of the molecule is O=C(Nc1ccccc1F)c1ccc([N+](=O)[O-])o1. The topological polar surface area (TPSA) is 85.4 Å². The average molecular weight is 250 g/mol. The molecular weight excluding hydrogens is 243 g/mol. The molecule has 0 aliphatic heterocycles. The number of nitrogens with one attached hydrogen (secondary N) is 1. The standard InChI is InChI=1S/C11H7FN2O4/c12-7-3-1-2-4-8(7)13-11(15)9-5-6-10(18-9)14(16)17/h1-6H,(H,13,15). The highest BCUT2D eigenvalue weighted by Crippen LogP contribution is 2.18. The molecule has 6 nitrogen and oxygen atoms in total. The second-order valence-corrected chi connectivity index (χ2v) is 3.33. The highest BCUT2D eigenvalue weighted by Gasteiger charge is 2.17. The number of rotatable bonds is 3. The van der Waals surface area contributed by atoms with Crippen LogP contribution in [0.1, 0.15) is 10.6 Å². The molecule has 0 fully saturated rings. The maximum Gasteiger partial charge on any atom is 0.433 e. The first-order valence-electron chi connectivity index (χ1n) is 4.88. The lowest BCUT2D eigenvalue weighted by atomic mass is 10.3. The van der Waals surface area contributed by atoms with Crippen LogP contribution >= 0.6 is 0 Å². The molecule has 0 atom stereocenters. The quantitative estimate of drug-likeness (QED) is 0.670. The van der Waals surface area contributed by atoms with Crippen molar-refractivity contribution in [3.8, 4) is 0 Å². The van der Waals surface area contributed by atoms with Gasteiger partial charge in [-0.1, -0.05) is 12.1 Å². The van der Waals surface area contributed by atoms with Crippen molar-refractivity contribution in [2.45, 2.75) is 0 Å². The first-order chi connectivity index (χ1) is 8.58. The fraction of sp³-hybridized carbons (Fsp3) is 0. The van der Waals surface area contributed by atoms with Gasteiger partial charge >= 0.3 is 5.88 Å². The van der Waals surface area contributed by atoms with Crippen molar-refractivity contribution in [1.82, 2.24) is 0 Å². The second-order valence-electron chi connectivity index (χ2n) is 3.33. The number of nitrogens with zero attached hydrogens (tertiary/aromatic N) is 1. The smallest absolute Gasteiger partial charge is 0.395 e. The average Bonchev–Trinajstić information content (AvgIpc) is 2.81. The van der Waals surface area contributed by atoms with Crippen molar-refractivity contribution < 1.29 is 18.5 Å². The van der Waals surface area contributed by atoms with Gasteiger partial charge in [-0.15, -0.1) is 0 Å². The Bertz CT molecular complexity index is 609. The van der Waals surface area contributed by atoms with Crippen molar-refractivity contribution >= 4 is 17.5 Å². The molecule has 1 heterocycles. The fourth-order valence-electron chi connectivity index (χ4n) is 1.29. The first kappa shape index (κ1) is 11.8. The van der Waals surface area contributed by atoms with Crippen LogP contribution in [0, 0.1) is 15.9 Å². The minimum absolute atomic E-state index is 0.0263. The van der Waals surface area contributed by atoms with Crippen molar-refractivity contribution in [3.63, 3.8) is 0 Å². The molecule has 0 spiro atoms. The summed E-state index contributed by atoms with van der Waals surface area (Å²) in [4.78, 5) is 21.2. The summed E-state index contributed by atoms with van der Waals surface area (Å²) >= 11 is 0. The lowest BCUT2D eigenvalue weighted by Gasteiger charge is -2.03. The number of carbonyl (C=O) groups excluding carboxylic acids is 1. The number of furan rings is 1. The summed E-state index contributed by atoms with van der Waals surface area (Å²) in [5.74, 6) is -2.17. The van der Waals surface area contributed by atoms with Crippen LogP contribution in [0.15, 0.2) is 40.8 Å². The molecule has 2 aromatic rings. The van der Waals surface area contributed by atoms with Gasteiger partial charge < -0.3 is 9.73 Å². The van der Waals surface area contributed by atoms with Crippen LogP contribution < -0.4 is 5.32 Å². The van der Waals surface area contributed by atoms with Gasteiger partial charge in [-0.2, -0.15) is 0 Å². The highest BCUT2D eigenvalue weighted by molar-refractivity contribution is 6.02. The van der Waals surface area contributed by atoms with E-state index >= 15 is 0 Å². The van der Waals surface area contributed by atoms with Crippen LogP contribution in [0.4, 0.5) is 16.0 Å². The van der Waals surface area contributed by atoms with Gasteiger partial charge in [0.05, 0.1) is 11.8 Å². The van der Waals surface area contributed by atoms with E-state index in [-0.39, 0.29) is 11.4 Å². The third-order valence-corrected chi connectivity index (χ3v) is 2.12. The molecule has 1 aromatic heterocycles. The summed E-state index contributed by atoms with van der Waals surface area (Å²) in [6, 6.07) is 7.77. The molecule has 2 rings (SSSR count). The van der Waals surface area contributed by atoms with Crippen LogP contribution in [-0.4, -0.2) is 10.8 Å². The third kappa shape index (κ3) is 2.34. The van der Waals surface area contributed by atoms with Gasteiger partial charge in [0.15, 0.2) is 5.76 Å². The highest BCUT2D eigenvalue weighted by atomic mass is 19.1. The van der Waals surface area contributed by atoms with E-state index in [9.17, 15) is 19.3 Å². The van der Waals surface area contributed by atoms with Crippen molar-refractivity contribution in [2.75, 3.05) is 5.32 Å². The van der Waals surface area contributed by atoms with Gasteiger partial charge in [0.25, 0.3) is 5.91 Å². The molecule has 0 bridgehead atoms. The number of para-hydroxylation sites is 1. The summed E-state index contributed by atoms with van der Waals surface area (Å²) < 4.78 is 17.9. The van der Waals surface area contributed by atoms with Crippen LogP contribution in [0.3, 0.4) is 0 Å². The molecule has 0 radical (unpaired) electrons. The molecule has 1 amide bonds. The zero-order valence-corrected chi connectivity index (χ0v) is 8.92. The Morgan fingerprint density at radius 3 is 2.61 bits per heavy atom. The molecule has 7 heteroatoms. The minimum Gasteiger partial charge on any atom is -0.395 e. The Labute approximate surface area is 100 Å². The number of anilines is 1. The van der Waals surface area contributed by atoms with Gasteiger partial charge in [0.2, 0.25) is 0 Å². The van der Waals surface area contributed by atoms with Gasteiger partial charge in [-0.05, 0) is 18.2 Å². The molecule has 1 aromatic carbocycles. The monoisotopic (exact) mass is 250 g/mol. The number of hydrogen-bond acceptors (Lipinski definition) is 4. The lowest BCUT2D eigenvalue weighted by molar-refractivity contribution is -0.402. The summed E-state index contributed by atoms with van der Waals surface area (Å²) in [6.07, 6.45) is 0. The van der Waals surface area contributed by atoms with Crippen molar-refractivity contribution in [1.29, 1.82) is 0 Å². The number of hydrogen-bond donors (Lipinski definition) is 1. The normalized spacial score (nSPS) is 10.1. The zero-order chi connectivity index (χ0) is 13.1. The number of benzene rings is 1. The Morgan fingerprint density at radius 1 is 1.28 bits per heavy atom. The minimum atomic E-state index is -0.764. The van der Waals surface area contributed by atoms with E-state index < -0.39 is 22.5 Å². The van der Waals surface area contributed by atoms with Gasteiger partial charge in [-0.3, -0.25) is 14.9 Å². The van der Waals surface area contributed by atoms with Crippen LogP contribution in [-0.2, 0) is 0 Å². The van der Waals surface area contributed by atoms with E-state index in [1.54, 1.807) is 6.07 Å². The van der Waals surface area contributed by atoms with Crippen LogP contribution in [0.25, 0.3) is 0 Å². The molecule has 0 aliphatic rings. The molecule has 18 heavy (non-hydrogen) atoms. The molecule has 0 aliphatic carbocycles. The van der Waals surface area contributed by atoms with Crippen molar-refractivity contribution in [2.24, 2.45) is 0 Å². The summed E-state index contributed by atoms with van der Waals surface area (Å²) in [7, 11) is 0. The Morgan fingerprint density at radius 2 is 2.00 bits per heavy atom. The Kier molecular flexibility index (Phi) is 3.05. The molecule has 92 valence electrons. The van der Waals surface area contributed by atoms with E-state index in [1.807, 2.05) is 0 Å². The molecular formula is C11H7FN2O4. The van der Waals surface area contributed by atoms with Crippen LogP contribution in [0.2, 0.25) is 0 Å². The van der Waals surface area contributed by atoms with E-state index in [2.05, 4.69) is 9.73 Å².